The first-order valence-corrected chi connectivity index (χ1v) is 5.97. The number of hydrogen-bond donors (Lipinski definition) is 0. The van der Waals surface area contributed by atoms with Crippen LogP contribution in [0.15, 0.2) is 24.3 Å². The fraction of sp³-hybridized carbons (Fsp3) is 0.538. The number of nitro benzene ring substituents is 1. The van der Waals surface area contributed by atoms with Crippen LogP contribution in [0.4, 0.5) is 10.1 Å². The SMILES string of the molecule is O=[N+]([O-])c1ccc(C23CCC(F)(CC2)C3)cc1. The van der Waals surface area contributed by atoms with Crippen LogP contribution in [0.1, 0.15) is 37.7 Å². The van der Waals surface area contributed by atoms with E-state index in [1.54, 1.807) is 12.1 Å². The van der Waals surface area contributed by atoms with Gasteiger partial charge in [0, 0.05) is 12.1 Å². The van der Waals surface area contributed by atoms with Crippen molar-refractivity contribution in [2.45, 2.75) is 43.2 Å². The summed E-state index contributed by atoms with van der Waals surface area (Å²) in [6.45, 7) is 0. The molecule has 0 saturated heterocycles. The first kappa shape index (κ1) is 10.7. The molecule has 3 rings (SSSR count). The molecule has 0 unspecified atom stereocenters. The molecule has 2 bridgehead atoms. The van der Waals surface area contributed by atoms with Gasteiger partial charge in [0.2, 0.25) is 0 Å². The highest BCUT2D eigenvalue weighted by atomic mass is 19.1. The molecule has 0 N–H and O–H groups in total. The molecule has 1 aromatic carbocycles. The molecule has 0 aliphatic heterocycles. The number of hydrogen-bond acceptors (Lipinski definition) is 2. The van der Waals surface area contributed by atoms with E-state index in [4.69, 9.17) is 0 Å². The van der Waals surface area contributed by atoms with Gasteiger partial charge < -0.3 is 0 Å². The lowest BCUT2D eigenvalue weighted by atomic mass is 9.78. The van der Waals surface area contributed by atoms with Gasteiger partial charge in [0.15, 0.2) is 0 Å². The summed E-state index contributed by atoms with van der Waals surface area (Å²) in [5.41, 5.74) is 0.152. The van der Waals surface area contributed by atoms with E-state index in [-0.39, 0.29) is 11.1 Å². The predicted octanol–water partition coefficient (Wildman–Crippen LogP) is 3.52. The Hall–Kier alpha value is -1.45. The first-order chi connectivity index (χ1) is 8.03. The minimum atomic E-state index is -0.970. The zero-order valence-corrected chi connectivity index (χ0v) is 9.49. The zero-order valence-electron chi connectivity index (χ0n) is 9.49. The van der Waals surface area contributed by atoms with E-state index in [2.05, 4.69) is 0 Å². The number of non-ortho nitro benzene ring substituents is 1. The van der Waals surface area contributed by atoms with Crippen molar-refractivity contribution < 1.29 is 9.31 Å². The van der Waals surface area contributed by atoms with Gasteiger partial charge >= 0.3 is 0 Å². The van der Waals surface area contributed by atoms with Crippen molar-refractivity contribution in [2.24, 2.45) is 0 Å². The molecule has 90 valence electrons. The van der Waals surface area contributed by atoms with E-state index in [1.165, 1.54) is 12.1 Å². The molecule has 0 radical (unpaired) electrons. The predicted molar refractivity (Wildman–Crippen MR) is 61.7 cm³/mol. The summed E-state index contributed by atoms with van der Waals surface area (Å²) in [5, 5.41) is 10.6. The highest BCUT2D eigenvalue weighted by Gasteiger charge is 2.55. The molecule has 4 heteroatoms. The van der Waals surface area contributed by atoms with Gasteiger partial charge in [-0.05, 0) is 43.1 Å². The average Bonchev–Trinajstić information content (AvgIpc) is 2.84. The van der Waals surface area contributed by atoms with Gasteiger partial charge in [0.05, 0.1) is 4.92 Å². The molecule has 1 aromatic rings. The van der Waals surface area contributed by atoms with Crippen molar-refractivity contribution in [3.05, 3.63) is 39.9 Å². The molecule has 2 aliphatic carbocycles. The Morgan fingerprint density at radius 1 is 1.12 bits per heavy atom. The average molecular weight is 235 g/mol. The van der Waals surface area contributed by atoms with E-state index in [1.807, 2.05) is 0 Å². The Kier molecular flexibility index (Phi) is 2.06. The van der Waals surface area contributed by atoms with Crippen LogP contribution in [0.25, 0.3) is 0 Å². The minimum Gasteiger partial charge on any atom is -0.258 e. The maximum absolute atomic E-state index is 14.1. The Bertz CT molecular complexity index is 461. The highest BCUT2D eigenvalue weighted by molar-refractivity contribution is 5.38. The minimum absolute atomic E-state index is 0.0517. The fourth-order valence-corrected chi connectivity index (χ4v) is 3.46. The Morgan fingerprint density at radius 3 is 2.12 bits per heavy atom. The molecular formula is C13H14FNO2. The van der Waals surface area contributed by atoms with E-state index in [0.29, 0.717) is 19.3 Å². The Labute approximate surface area is 98.8 Å². The van der Waals surface area contributed by atoms with Gasteiger partial charge in [0.25, 0.3) is 5.69 Å². The van der Waals surface area contributed by atoms with Crippen LogP contribution in [0, 0.1) is 10.1 Å². The van der Waals surface area contributed by atoms with E-state index in [0.717, 1.165) is 18.4 Å². The quantitative estimate of drug-likeness (QED) is 0.581. The summed E-state index contributed by atoms with van der Waals surface area (Å²) in [6.07, 6.45) is 3.63. The molecule has 0 atom stereocenters. The molecule has 0 aromatic heterocycles. The largest absolute Gasteiger partial charge is 0.269 e. The summed E-state index contributed by atoms with van der Waals surface area (Å²) >= 11 is 0. The maximum Gasteiger partial charge on any atom is 0.269 e. The lowest BCUT2D eigenvalue weighted by molar-refractivity contribution is -0.384. The number of benzene rings is 1. The molecule has 2 fully saturated rings. The van der Waals surface area contributed by atoms with E-state index >= 15 is 0 Å². The van der Waals surface area contributed by atoms with Gasteiger partial charge in [-0.2, -0.15) is 0 Å². The summed E-state index contributed by atoms with van der Waals surface area (Å²) < 4.78 is 14.1. The van der Waals surface area contributed by atoms with Crippen LogP contribution in [0.5, 0.6) is 0 Å². The summed E-state index contributed by atoms with van der Waals surface area (Å²) in [4.78, 5) is 10.2. The van der Waals surface area contributed by atoms with Crippen LogP contribution in [-0.2, 0) is 5.41 Å². The Morgan fingerprint density at radius 2 is 1.71 bits per heavy atom. The fourth-order valence-electron chi connectivity index (χ4n) is 3.46. The molecule has 3 nitrogen and oxygen atoms in total. The van der Waals surface area contributed by atoms with Gasteiger partial charge in [-0.25, -0.2) is 4.39 Å². The second-order valence-corrected chi connectivity index (χ2v) is 5.41. The van der Waals surface area contributed by atoms with Crippen LogP contribution in [-0.4, -0.2) is 10.6 Å². The number of alkyl halides is 1. The van der Waals surface area contributed by atoms with Crippen molar-refractivity contribution in [1.82, 2.24) is 0 Å². The van der Waals surface area contributed by atoms with Crippen molar-refractivity contribution in [2.75, 3.05) is 0 Å². The Balaban J connectivity index is 1.93. The third kappa shape index (κ3) is 1.54. The van der Waals surface area contributed by atoms with Gasteiger partial charge in [-0.3, -0.25) is 10.1 Å². The molecular weight excluding hydrogens is 221 g/mol. The third-order valence-corrected chi connectivity index (χ3v) is 4.45. The van der Waals surface area contributed by atoms with Crippen LogP contribution in [0.3, 0.4) is 0 Å². The molecule has 2 saturated carbocycles. The molecule has 2 aliphatic rings. The second-order valence-electron chi connectivity index (χ2n) is 5.41. The smallest absolute Gasteiger partial charge is 0.258 e. The van der Waals surface area contributed by atoms with Crippen LogP contribution < -0.4 is 0 Å². The normalized spacial score (nSPS) is 35.1. The number of nitro groups is 1. The van der Waals surface area contributed by atoms with Crippen molar-refractivity contribution >= 4 is 5.69 Å². The summed E-state index contributed by atoms with van der Waals surface area (Å²) in [6, 6.07) is 6.66. The molecule has 0 amide bonds. The standard InChI is InChI=1S/C13H14FNO2/c14-13-7-5-12(9-13,6-8-13)10-1-3-11(4-2-10)15(16)17/h1-4H,5-9H2. The van der Waals surface area contributed by atoms with Gasteiger partial charge in [-0.1, -0.05) is 12.1 Å². The summed E-state index contributed by atoms with van der Waals surface area (Å²) in [5.74, 6) is 0. The maximum atomic E-state index is 14.1. The lowest BCUT2D eigenvalue weighted by Crippen LogP contribution is -2.19. The van der Waals surface area contributed by atoms with Crippen molar-refractivity contribution in [1.29, 1.82) is 0 Å². The number of nitrogens with zero attached hydrogens (tertiary/aromatic N) is 1. The lowest BCUT2D eigenvalue weighted by Gasteiger charge is -2.26. The summed E-state index contributed by atoms with van der Waals surface area (Å²) in [7, 11) is 0. The zero-order chi connectivity index (χ0) is 12.1. The first-order valence-electron chi connectivity index (χ1n) is 5.97. The van der Waals surface area contributed by atoms with Gasteiger partial charge in [-0.15, -0.1) is 0 Å². The van der Waals surface area contributed by atoms with Gasteiger partial charge in [0.1, 0.15) is 5.67 Å². The molecule has 0 heterocycles. The number of halogens is 1. The van der Waals surface area contributed by atoms with Crippen molar-refractivity contribution in [3.63, 3.8) is 0 Å². The monoisotopic (exact) mass is 235 g/mol. The highest BCUT2D eigenvalue weighted by Crippen LogP contribution is 2.59. The second kappa shape index (κ2) is 3.28. The third-order valence-electron chi connectivity index (χ3n) is 4.45. The van der Waals surface area contributed by atoms with Crippen molar-refractivity contribution in [3.8, 4) is 0 Å². The topological polar surface area (TPSA) is 43.1 Å². The van der Waals surface area contributed by atoms with Crippen LogP contribution >= 0.6 is 0 Å². The van der Waals surface area contributed by atoms with E-state index in [9.17, 15) is 14.5 Å². The number of rotatable bonds is 2. The molecule has 0 spiro atoms. The van der Waals surface area contributed by atoms with E-state index < -0.39 is 10.6 Å². The molecule has 17 heavy (non-hydrogen) atoms. The number of fused-ring (bicyclic) bond motifs is 2. The van der Waals surface area contributed by atoms with Crippen LogP contribution in [0.2, 0.25) is 0 Å².